The molecule has 0 fully saturated rings. The van der Waals surface area contributed by atoms with Crippen molar-refractivity contribution in [3.8, 4) is 0 Å². The lowest BCUT2D eigenvalue weighted by atomic mass is 10.1. The highest BCUT2D eigenvalue weighted by Crippen LogP contribution is 2.13. The SMILES string of the molecule is CCCCC[C@@H](C)NC(=O)Nc1ccc(C)c(F)c1. The number of rotatable bonds is 6. The van der Waals surface area contributed by atoms with Crippen LogP contribution in [0.5, 0.6) is 0 Å². The molecule has 0 saturated carbocycles. The molecule has 0 radical (unpaired) electrons. The summed E-state index contributed by atoms with van der Waals surface area (Å²) in [7, 11) is 0. The zero-order valence-electron chi connectivity index (χ0n) is 11.9. The fraction of sp³-hybridized carbons (Fsp3) is 0.533. The number of benzene rings is 1. The van der Waals surface area contributed by atoms with Crippen LogP contribution >= 0.6 is 0 Å². The van der Waals surface area contributed by atoms with E-state index in [1.54, 1.807) is 19.1 Å². The van der Waals surface area contributed by atoms with E-state index in [1.807, 2.05) is 6.92 Å². The molecule has 0 aliphatic rings. The first-order valence-corrected chi connectivity index (χ1v) is 6.86. The van der Waals surface area contributed by atoms with Crippen molar-refractivity contribution in [2.45, 2.75) is 52.5 Å². The number of urea groups is 1. The summed E-state index contributed by atoms with van der Waals surface area (Å²) < 4.78 is 13.3. The van der Waals surface area contributed by atoms with Gasteiger partial charge in [0, 0.05) is 11.7 Å². The second-order valence-electron chi connectivity index (χ2n) is 4.96. The maximum Gasteiger partial charge on any atom is 0.319 e. The molecule has 0 heterocycles. The van der Waals surface area contributed by atoms with Crippen LogP contribution in [-0.4, -0.2) is 12.1 Å². The molecule has 1 rings (SSSR count). The molecular weight excluding hydrogens is 243 g/mol. The van der Waals surface area contributed by atoms with Gasteiger partial charge in [-0.05, 0) is 38.0 Å². The number of carbonyl (C=O) groups excluding carboxylic acids is 1. The number of aryl methyl sites for hydroxylation is 1. The highest BCUT2D eigenvalue weighted by molar-refractivity contribution is 5.89. The van der Waals surface area contributed by atoms with Crippen molar-refractivity contribution in [1.29, 1.82) is 0 Å². The Labute approximate surface area is 114 Å². The molecular formula is C15H23FN2O. The van der Waals surface area contributed by atoms with Crippen LogP contribution in [0.1, 0.15) is 45.1 Å². The molecule has 0 aliphatic heterocycles. The number of amides is 2. The van der Waals surface area contributed by atoms with Crippen molar-refractivity contribution in [3.05, 3.63) is 29.6 Å². The first kappa shape index (κ1) is 15.5. The topological polar surface area (TPSA) is 41.1 Å². The van der Waals surface area contributed by atoms with Crippen LogP contribution in [0.2, 0.25) is 0 Å². The summed E-state index contributed by atoms with van der Waals surface area (Å²) in [5, 5.41) is 5.49. The van der Waals surface area contributed by atoms with Gasteiger partial charge >= 0.3 is 6.03 Å². The van der Waals surface area contributed by atoms with Crippen molar-refractivity contribution >= 4 is 11.7 Å². The number of unbranched alkanes of at least 4 members (excludes halogenated alkanes) is 2. The Bertz CT molecular complexity index is 421. The molecule has 106 valence electrons. The summed E-state index contributed by atoms with van der Waals surface area (Å²) in [6, 6.07) is 4.51. The molecule has 1 atom stereocenters. The van der Waals surface area contributed by atoms with Crippen molar-refractivity contribution in [2.75, 3.05) is 5.32 Å². The summed E-state index contributed by atoms with van der Waals surface area (Å²) in [6.07, 6.45) is 4.42. The lowest BCUT2D eigenvalue weighted by Crippen LogP contribution is -2.36. The van der Waals surface area contributed by atoms with Gasteiger partial charge in [-0.3, -0.25) is 0 Å². The summed E-state index contributed by atoms with van der Waals surface area (Å²) in [4.78, 5) is 11.7. The highest BCUT2D eigenvalue weighted by atomic mass is 19.1. The van der Waals surface area contributed by atoms with Gasteiger partial charge in [0.05, 0.1) is 0 Å². The Morgan fingerprint density at radius 3 is 2.74 bits per heavy atom. The van der Waals surface area contributed by atoms with E-state index in [1.165, 1.54) is 18.9 Å². The third-order valence-corrected chi connectivity index (χ3v) is 3.05. The molecule has 0 unspecified atom stereocenters. The van der Waals surface area contributed by atoms with Crippen molar-refractivity contribution < 1.29 is 9.18 Å². The van der Waals surface area contributed by atoms with E-state index in [-0.39, 0.29) is 17.9 Å². The normalized spacial score (nSPS) is 12.0. The fourth-order valence-electron chi connectivity index (χ4n) is 1.83. The molecule has 0 bridgehead atoms. The van der Waals surface area contributed by atoms with E-state index in [0.29, 0.717) is 11.3 Å². The fourth-order valence-corrected chi connectivity index (χ4v) is 1.83. The molecule has 4 heteroatoms. The molecule has 1 aromatic rings. The summed E-state index contributed by atoms with van der Waals surface area (Å²) in [6.45, 7) is 5.82. The predicted molar refractivity (Wildman–Crippen MR) is 76.9 cm³/mol. The highest BCUT2D eigenvalue weighted by Gasteiger charge is 2.08. The molecule has 1 aromatic carbocycles. The summed E-state index contributed by atoms with van der Waals surface area (Å²) in [5.74, 6) is -0.311. The van der Waals surface area contributed by atoms with E-state index in [2.05, 4.69) is 17.6 Å². The Morgan fingerprint density at radius 1 is 1.37 bits per heavy atom. The molecule has 19 heavy (non-hydrogen) atoms. The van der Waals surface area contributed by atoms with Crippen LogP contribution in [-0.2, 0) is 0 Å². The Balaban J connectivity index is 2.39. The number of hydrogen-bond acceptors (Lipinski definition) is 1. The van der Waals surface area contributed by atoms with Crippen LogP contribution in [0.25, 0.3) is 0 Å². The smallest absolute Gasteiger partial charge is 0.319 e. The molecule has 2 N–H and O–H groups in total. The van der Waals surface area contributed by atoms with Crippen molar-refractivity contribution in [2.24, 2.45) is 0 Å². The molecule has 0 aromatic heterocycles. The van der Waals surface area contributed by atoms with Crippen molar-refractivity contribution in [3.63, 3.8) is 0 Å². The average Bonchev–Trinajstić information content (AvgIpc) is 2.34. The Kier molecular flexibility index (Phi) is 6.33. The number of nitrogens with one attached hydrogen (secondary N) is 2. The van der Waals surface area contributed by atoms with Crippen LogP contribution in [0, 0.1) is 12.7 Å². The quantitative estimate of drug-likeness (QED) is 0.743. The minimum absolute atomic E-state index is 0.127. The lowest BCUT2D eigenvalue weighted by Gasteiger charge is -2.14. The third kappa shape index (κ3) is 5.73. The van der Waals surface area contributed by atoms with Gasteiger partial charge in [0.25, 0.3) is 0 Å². The van der Waals surface area contributed by atoms with E-state index < -0.39 is 0 Å². The minimum Gasteiger partial charge on any atom is -0.335 e. The Morgan fingerprint density at radius 2 is 2.11 bits per heavy atom. The third-order valence-electron chi connectivity index (χ3n) is 3.05. The van der Waals surface area contributed by atoms with Crippen molar-refractivity contribution in [1.82, 2.24) is 5.32 Å². The second-order valence-corrected chi connectivity index (χ2v) is 4.96. The van der Waals surface area contributed by atoms with Gasteiger partial charge in [-0.2, -0.15) is 0 Å². The van der Waals surface area contributed by atoms with Gasteiger partial charge in [-0.1, -0.05) is 32.3 Å². The second kappa shape index (κ2) is 7.77. The first-order valence-electron chi connectivity index (χ1n) is 6.86. The van der Waals surface area contributed by atoms with E-state index >= 15 is 0 Å². The maximum atomic E-state index is 13.3. The average molecular weight is 266 g/mol. The van der Waals surface area contributed by atoms with E-state index in [4.69, 9.17) is 0 Å². The predicted octanol–water partition coefficient (Wildman–Crippen LogP) is 4.22. The Hall–Kier alpha value is -1.58. The molecule has 0 aliphatic carbocycles. The number of halogens is 1. The van der Waals surface area contributed by atoms with Gasteiger partial charge < -0.3 is 10.6 Å². The van der Waals surface area contributed by atoms with Crippen LogP contribution in [0.3, 0.4) is 0 Å². The first-order chi connectivity index (χ1) is 9.02. The van der Waals surface area contributed by atoms with Gasteiger partial charge in [0.1, 0.15) is 5.82 Å². The maximum absolute atomic E-state index is 13.3. The van der Waals surface area contributed by atoms with Gasteiger partial charge in [0.2, 0.25) is 0 Å². The standard InChI is InChI=1S/C15H23FN2O/c1-4-5-6-7-12(3)17-15(19)18-13-9-8-11(2)14(16)10-13/h8-10,12H,4-7H2,1-3H3,(H2,17,18,19)/t12-/m1/s1. The van der Waals surface area contributed by atoms with E-state index in [0.717, 1.165) is 12.8 Å². The van der Waals surface area contributed by atoms with Crippen LogP contribution < -0.4 is 10.6 Å². The van der Waals surface area contributed by atoms with Crippen LogP contribution in [0.4, 0.5) is 14.9 Å². The lowest BCUT2D eigenvalue weighted by molar-refractivity contribution is 0.248. The van der Waals surface area contributed by atoms with Crippen LogP contribution in [0.15, 0.2) is 18.2 Å². The van der Waals surface area contributed by atoms with Gasteiger partial charge in [0.15, 0.2) is 0 Å². The molecule has 0 saturated heterocycles. The van der Waals surface area contributed by atoms with E-state index in [9.17, 15) is 9.18 Å². The minimum atomic E-state index is -0.311. The van der Waals surface area contributed by atoms with Gasteiger partial charge in [-0.15, -0.1) is 0 Å². The molecule has 3 nitrogen and oxygen atoms in total. The number of anilines is 1. The largest absolute Gasteiger partial charge is 0.335 e. The molecule has 0 spiro atoms. The monoisotopic (exact) mass is 266 g/mol. The summed E-state index contributed by atoms with van der Waals surface area (Å²) in [5.41, 5.74) is 1.04. The zero-order chi connectivity index (χ0) is 14.3. The van der Waals surface area contributed by atoms with Gasteiger partial charge in [-0.25, -0.2) is 9.18 Å². The number of carbonyl (C=O) groups is 1. The summed E-state index contributed by atoms with van der Waals surface area (Å²) >= 11 is 0. The molecule has 2 amide bonds. The number of hydrogen-bond donors (Lipinski definition) is 2. The zero-order valence-corrected chi connectivity index (χ0v) is 11.9.